The fraction of sp³-hybridized carbons (Fsp3) is 0.278. The number of ether oxygens (including phenoxy) is 1. The second-order valence-electron chi connectivity index (χ2n) is 6.33. The van der Waals surface area contributed by atoms with E-state index in [1.807, 2.05) is 25.4 Å². The van der Waals surface area contributed by atoms with Crippen molar-refractivity contribution in [2.45, 2.75) is 6.92 Å². The molecule has 0 atom stereocenters. The molecule has 1 aliphatic heterocycles. The first-order chi connectivity index (χ1) is 12.3. The molecule has 25 heavy (non-hydrogen) atoms. The van der Waals surface area contributed by atoms with Crippen molar-refractivity contribution in [2.75, 3.05) is 31.2 Å². The van der Waals surface area contributed by atoms with Crippen LogP contribution in [-0.4, -0.2) is 51.7 Å². The summed E-state index contributed by atoms with van der Waals surface area (Å²) in [5, 5.41) is 16.7. The molecule has 2 N–H and O–H groups in total. The van der Waals surface area contributed by atoms with Gasteiger partial charge in [-0.15, -0.1) is 0 Å². The summed E-state index contributed by atoms with van der Waals surface area (Å²) in [4.78, 5) is 7.28. The molecule has 0 radical (unpaired) electrons. The number of fused-ring (bicyclic) bond motifs is 3. The number of aromatic nitrogens is 5. The summed E-state index contributed by atoms with van der Waals surface area (Å²) in [5.41, 5.74) is 6.15. The van der Waals surface area contributed by atoms with Gasteiger partial charge in [-0.2, -0.15) is 10.2 Å². The van der Waals surface area contributed by atoms with Crippen molar-refractivity contribution in [1.82, 2.24) is 25.4 Å². The van der Waals surface area contributed by atoms with E-state index in [-0.39, 0.29) is 0 Å². The lowest BCUT2D eigenvalue weighted by Crippen LogP contribution is -2.36. The van der Waals surface area contributed by atoms with Gasteiger partial charge < -0.3 is 9.64 Å². The number of anilines is 1. The van der Waals surface area contributed by atoms with Gasteiger partial charge in [0.2, 0.25) is 0 Å². The van der Waals surface area contributed by atoms with Crippen molar-refractivity contribution in [3.63, 3.8) is 0 Å². The van der Waals surface area contributed by atoms with Crippen LogP contribution in [0.5, 0.6) is 0 Å². The van der Waals surface area contributed by atoms with Crippen molar-refractivity contribution < 1.29 is 4.74 Å². The second kappa shape index (κ2) is 5.56. The summed E-state index contributed by atoms with van der Waals surface area (Å²) in [6.45, 7) is 5.24. The molecule has 4 aromatic rings. The van der Waals surface area contributed by atoms with Gasteiger partial charge in [-0.05, 0) is 25.1 Å². The Kier molecular flexibility index (Phi) is 3.21. The molecule has 1 saturated heterocycles. The highest BCUT2D eigenvalue weighted by molar-refractivity contribution is 6.12. The van der Waals surface area contributed by atoms with E-state index >= 15 is 0 Å². The van der Waals surface area contributed by atoms with Gasteiger partial charge >= 0.3 is 0 Å². The molecule has 0 amide bonds. The van der Waals surface area contributed by atoms with Gasteiger partial charge in [-0.3, -0.25) is 10.2 Å². The Morgan fingerprint density at radius 2 is 1.92 bits per heavy atom. The van der Waals surface area contributed by atoms with Crippen LogP contribution in [0.3, 0.4) is 0 Å². The molecule has 0 saturated carbocycles. The summed E-state index contributed by atoms with van der Waals surface area (Å²) in [6, 6.07) is 6.25. The number of pyridine rings is 1. The van der Waals surface area contributed by atoms with Crippen LogP contribution in [0.15, 0.2) is 30.6 Å². The summed E-state index contributed by atoms with van der Waals surface area (Å²) >= 11 is 0. The average molecular weight is 334 g/mol. The molecule has 3 aromatic heterocycles. The van der Waals surface area contributed by atoms with Crippen LogP contribution in [0, 0.1) is 6.92 Å². The lowest BCUT2D eigenvalue weighted by Gasteiger charge is -2.30. The van der Waals surface area contributed by atoms with E-state index in [1.54, 1.807) is 0 Å². The number of hydrogen-bond acceptors (Lipinski definition) is 5. The summed E-state index contributed by atoms with van der Waals surface area (Å²) in [7, 11) is 0. The molecule has 7 heteroatoms. The van der Waals surface area contributed by atoms with Crippen molar-refractivity contribution in [3.05, 3.63) is 36.3 Å². The molecule has 4 heterocycles. The highest BCUT2D eigenvalue weighted by Crippen LogP contribution is 2.36. The first kappa shape index (κ1) is 14.4. The first-order valence-electron chi connectivity index (χ1n) is 8.41. The van der Waals surface area contributed by atoms with Crippen molar-refractivity contribution in [1.29, 1.82) is 0 Å². The van der Waals surface area contributed by atoms with Gasteiger partial charge in [0, 0.05) is 40.8 Å². The van der Waals surface area contributed by atoms with E-state index in [1.165, 1.54) is 5.69 Å². The second-order valence-corrected chi connectivity index (χ2v) is 6.33. The van der Waals surface area contributed by atoms with E-state index in [2.05, 4.69) is 37.4 Å². The molecule has 0 aliphatic carbocycles. The lowest BCUT2D eigenvalue weighted by molar-refractivity contribution is 0.123. The van der Waals surface area contributed by atoms with Crippen LogP contribution in [0.2, 0.25) is 0 Å². The van der Waals surface area contributed by atoms with Crippen LogP contribution < -0.4 is 4.90 Å². The van der Waals surface area contributed by atoms with E-state index in [0.29, 0.717) is 0 Å². The maximum atomic E-state index is 5.54. The lowest BCUT2D eigenvalue weighted by atomic mass is 10.0. The summed E-state index contributed by atoms with van der Waals surface area (Å²) in [6.07, 6.45) is 3.72. The third-order valence-electron chi connectivity index (χ3n) is 4.83. The minimum Gasteiger partial charge on any atom is -0.378 e. The smallest absolute Gasteiger partial charge is 0.0764 e. The van der Waals surface area contributed by atoms with Crippen LogP contribution in [0.1, 0.15) is 5.69 Å². The largest absolute Gasteiger partial charge is 0.378 e. The number of rotatable bonds is 2. The quantitative estimate of drug-likeness (QED) is 0.589. The van der Waals surface area contributed by atoms with Gasteiger partial charge in [-0.25, -0.2) is 4.98 Å². The van der Waals surface area contributed by atoms with Crippen LogP contribution >= 0.6 is 0 Å². The number of aromatic amines is 2. The number of nitrogens with one attached hydrogen (secondary N) is 2. The van der Waals surface area contributed by atoms with Crippen LogP contribution in [-0.2, 0) is 4.74 Å². The molecule has 7 nitrogen and oxygen atoms in total. The third-order valence-corrected chi connectivity index (χ3v) is 4.83. The number of benzene rings is 1. The summed E-state index contributed by atoms with van der Waals surface area (Å²) < 4.78 is 5.54. The zero-order valence-corrected chi connectivity index (χ0v) is 13.9. The van der Waals surface area contributed by atoms with Gasteiger partial charge in [0.1, 0.15) is 0 Å². The first-order valence-corrected chi connectivity index (χ1v) is 8.41. The zero-order chi connectivity index (χ0) is 16.8. The topological polar surface area (TPSA) is 82.7 Å². The maximum absolute atomic E-state index is 5.54. The highest BCUT2D eigenvalue weighted by atomic mass is 16.5. The number of aryl methyl sites for hydroxylation is 1. The number of hydrogen-bond donors (Lipinski definition) is 2. The van der Waals surface area contributed by atoms with Gasteiger partial charge in [0.05, 0.1) is 42.3 Å². The van der Waals surface area contributed by atoms with Crippen molar-refractivity contribution in [2.24, 2.45) is 0 Å². The minimum absolute atomic E-state index is 0.741. The average Bonchev–Trinajstić information content (AvgIpc) is 3.30. The van der Waals surface area contributed by atoms with Crippen molar-refractivity contribution >= 4 is 27.5 Å². The predicted octanol–water partition coefficient (Wildman–Crippen LogP) is 2.65. The maximum Gasteiger partial charge on any atom is 0.0764 e. The van der Waals surface area contributed by atoms with Gasteiger partial charge in [0.25, 0.3) is 0 Å². The van der Waals surface area contributed by atoms with E-state index in [4.69, 9.17) is 9.72 Å². The molecule has 1 aromatic carbocycles. The Morgan fingerprint density at radius 1 is 1.08 bits per heavy atom. The minimum atomic E-state index is 0.741. The Balaban J connectivity index is 1.82. The normalized spacial score (nSPS) is 15.3. The van der Waals surface area contributed by atoms with E-state index in [0.717, 1.165) is 65.1 Å². The standard InChI is InChI=1S/C18H18N6O/c1-11-12(9-19-22-11)16-8-17(24-4-6-25-7-5-24)18-13-10-20-23-14(13)2-3-15(18)21-16/h2-3,8-10H,4-7H2,1H3,(H,19,22)(H,20,23). The molecule has 126 valence electrons. The predicted molar refractivity (Wildman–Crippen MR) is 96.7 cm³/mol. The molecule has 1 aliphatic rings. The molecular weight excluding hydrogens is 316 g/mol. The Bertz CT molecular complexity index is 1060. The molecule has 5 rings (SSSR count). The fourth-order valence-corrected chi connectivity index (χ4v) is 3.53. The number of H-pyrrole nitrogens is 2. The van der Waals surface area contributed by atoms with Crippen LogP contribution in [0.25, 0.3) is 33.1 Å². The van der Waals surface area contributed by atoms with Gasteiger partial charge in [-0.1, -0.05) is 0 Å². The number of morpholine rings is 1. The Morgan fingerprint density at radius 3 is 2.72 bits per heavy atom. The summed E-state index contributed by atoms with van der Waals surface area (Å²) in [5.74, 6) is 0. The fourth-order valence-electron chi connectivity index (χ4n) is 3.53. The van der Waals surface area contributed by atoms with Crippen molar-refractivity contribution in [3.8, 4) is 11.3 Å². The molecule has 0 spiro atoms. The Labute approximate surface area is 144 Å². The molecule has 1 fully saturated rings. The highest BCUT2D eigenvalue weighted by Gasteiger charge is 2.19. The molecular formula is C18H18N6O. The third kappa shape index (κ3) is 2.27. The van der Waals surface area contributed by atoms with Gasteiger partial charge in [0.15, 0.2) is 0 Å². The van der Waals surface area contributed by atoms with E-state index in [9.17, 15) is 0 Å². The number of nitrogens with zero attached hydrogens (tertiary/aromatic N) is 4. The van der Waals surface area contributed by atoms with E-state index < -0.39 is 0 Å². The molecule has 0 bridgehead atoms. The van der Waals surface area contributed by atoms with Crippen LogP contribution in [0.4, 0.5) is 5.69 Å². The Hall–Kier alpha value is -2.93. The monoisotopic (exact) mass is 334 g/mol. The zero-order valence-electron chi connectivity index (χ0n) is 13.9. The molecule has 0 unspecified atom stereocenters. The SMILES string of the molecule is Cc1[nH]ncc1-c1cc(N2CCOCC2)c2c(ccc3[nH]ncc32)n1.